The minimum atomic E-state index is -3.53. The van der Waals surface area contributed by atoms with E-state index in [4.69, 9.17) is 4.98 Å². The topological polar surface area (TPSA) is 73.8 Å². The molecule has 36 heavy (non-hydrogen) atoms. The zero-order chi connectivity index (χ0) is 25.4. The smallest absolute Gasteiger partial charge is 0.243 e. The quantitative estimate of drug-likeness (QED) is 0.444. The summed E-state index contributed by atoms with van der Waals surface area (Å²) in [5.74, 6) is 0.0433. The number of amides is 1. The third-order valence-corrected chi connectivity index (χ3v) is 11.1. The van der Waals surface area contributed by atoms with Gasteiger partial charge in [-0.1, -0.05) is 17.4 Å². The van der Waals surface area contributed by atoms with E-state index in [-0.39, 0.29) is 11.8 Å². The van der Waals surface area contributed by atoms with Crippen molar-refractivity contribution in [1.82, 2.24) is 14.2 Å². The number of fused-ring (bicyclic) bond motifs is 1. The van der Waals surface area contributed by atoms with Crippen LogP contribution in [0.15, 0.2) is 46.2 Å². The van der Waals surface area contributed by atoms with Gasteiger partial charge in [0.15, 0.2) is 5.13 Å². The Morgan fingerprint density at radius 3 is 2.31 bits per heavy atom. The highest BCUT2D eigenvalue weighted by atomic mass is 32.2. The maximum Gasteiger partial charge on any atom is 0.243 e. The summed E-state index contributed by atoms with van der Waals surface area (Å²) in [5.41, 5.74) is 3.53. The monoisotopic (exact) mass is 544 g/mol. The van der Waals surface area contributed by atoms with Gasteiger partial charge in [-0.05, 0) is 74.4 Å². The molecule has 0 bridgehead atoms. The summed E-state index contributed by atoms with van der Waals surface area (Å²) < 4.78 is 28.9. The van der Waals surface area contributed by atoms with E-state index in [1.807, 2.05) is 23.3 Å². The Balaban J connectivity index is 1.16. The van der Waals surface area contributed by atoms with Gasteiger partial charge in [-0.15, -0.1) is 11.8 Å². The van der Waals surface area contributed by atoms with E-state index in [0.29, 0.717) is 43.9 Å². The van der Waals surface area contributed by atoms with Crippen LogP contribution >= 0.6 is 23.1 Å². The van der Waals surface area contributed by atoms with Crippen molar-refractivity contribution >= 4 is 54.4 Å². The normalized spacial score (nSPS) is 18.2. The van der Waals surface area contributed by atoms with Crippen LogP contribution in [0.4, 0.5) is 5.13 Å². The maximum absolute atomic E-state index is 13.2. The fourth-order valence-corrected chi connectivity index (χ4v) is 8.06. The third-order valence-electron chi connectivity index (χ3n) is 7.17. The summed E-state index contributed by atoms with van der Waals surface area (Å²) in [6, 6.07) is 11.3. The number of anilines is 1. The Bertz CT molecular complexity index is 1360. The van der Waals surface area contributed by atoms with Gasteiger partial charge in [0.1, 0.15) is 0 Å². The number of carbonyl (C=O) groups excluding carboxylic acids is 1. The zero-order valence-corrected chi connectivity index (χ0v) is 23.4. The Labute approximate surface area is 221 Å². The number of nitrogens with zero attached hydrogens (tertiary/aromatic N) is 4. The van der Waals surface area contributed by atoms with Crippen molar-refractivity contribution in [2.75, 3.05) is 50.4 Å². The second-order valence-electron chi connectivity index (χ2n) is 9.59. The van der Waals surface area contributed by atoms with Crippen molar-refractivity contribution in [3.8, 4) is 0 Å². The molecule has 2 aromatic carbocycles. The lowest BCUT2D eigenvalue weighted by Gasteiger charge is -2.38. The summed E-state index contributed by atoms with van der Waals surface area (Å²) >= 11 is 3.31. The van der Waals surface area contributed by atoms with Gasteiger partial charge in [-0.2, -0.15) is 4.31 Å². The predicted octanol–water partition coefficient (Wildman–Crippen LogP) is 4.38. The fourth-order valence-electron chi connectivity index (χ4n) is 5.12. The molecule has 1 aromatic heterocycles. The first-order valence-electron chi connectivity index (χ1n) is 12.3. The molecule has 0 saturated carbocycles. The number of piperazine rings is 1. The molecule has 2 aliphatic heterocycles. The largest absolute Gasteiger partial charge is 0.345 e. The van der Waals surface area contributed by atoms with E-state index in [2.05, 4.69) is 30.9 Å². The molecule has 0 atom stereocenters. The summed E-state index contributed by atoms with van der Waals surface area (Å²) in [4.78, 5) is 23.7. The van der Waals surface area contributed by atoms with Crippen LogP contribution in [0.3, 0.4) is 0 Å². The Hall–Kier alpha value is -2.14. The van der Waals surface area contributed by atoms with E-state index in [1.165, 1.54) is 20.1 Å². The molecular formula is C26H32N4O3S3. The van der Waals surface area contributed by atoms with Crippen LogP contribution in [0.1, 0.15) is 24.0 Å². The molecule has 3 aromatic rings. The molecule has 2 saturated heterocycles. The number of sulfonamides is 1. The van der Waals surface area contributed by atoms with Crippen LogP contribution in [0, 0.1) is 19.8 Å². The first-order valence-corrected chi connectivity index (χ1v) is 15.8. The molecule has 7 nitrogen and oxygen atoms in total. The van der Waals surface area contributed by atoms with Crippen LogP contribution in [-0.2, 0) is 14.8 Å². The lowest BCUT2D eigenvalue weighted by molar-refractivity contribution is -0.137. The van der Waals surface area contributed by atoms with Crippen molar-refractivity contribution in [3.63, 3.8) is 0 Å². The number of piperidine rings is 1. The van der Waals surface area contributed by atoms with Crippen molar-refractivity contribution in [2.24, 2.45) is 5.92 Å². The average molecular weight is 545 g/mol. The number of carbonyl (C=O) groups is 1. The Morgan fingerprint density at radius 1 is 1.00 bits per heavy atom. The molecule has 10 heteroatoms. The lowest BCUT2D eigenvalue weighted by atomic mass is 9.96. The first-order chi connectivity index (χ1) is 17.3. The number of hydrogen-bond donors (Lipinski definition) is 0. The highest BCUT2D eigenvalue weighted by Crippen LogP contribution is 2.33. The maximum atomic E-state index is 13.2. The Kier molecular flexibility index (Phi) is 7.31. The molecule has 0 spiro atoms. The molecule has 0 unspecified atom stereocenters. The third kappa shape index (κ3) is 5.01. The minimum Gasteiger partial charge on any atom is -0.345 e. The zero-order valence-electron chi connectivity index (χ0n) is 20.9. The minimum absolute atomic E-state index is 0.116. The van der Waals surface area contributed by atoms with E-state index < -0.39 is 10.0 Å². The first kappa shape index (κ1) is 25.5. The average Bonchev–Trinajstić information content (AvgIpc) is 3.33. The van der Waals surface area contributed by atoms with Crippen LogP contribution in [0.25, 0.3) is 10.2 Å². The van der Waals surface area contributed by atoms with Crippen LogP contribution in [0.2, 0.25) is 0 Å². The SMILES string of the molecule is CSc1ccc(S(=O)(=O)N2CCC(C(=O)N3CCN(c4nc5cc(C)cc(C)c5s4)CC3)CC2)cc1. The molecule has 0 N–H and O–H groups in total. The van der Waals surface area contributed by atoms with E-state index in [0.717, 1.165) is 28.6 Å². The summed E-state index contributed by atoms with van der Waals surface area (Å²) in [7, 11) is -3.53. The van der Waals surface area contributed by atoms with Gasteiger partial charge >= 0.3 is 0 Å². The van der Waals surface area contributed by atoms with Gasteiger partial charge < -0.3 is 9.80 Å². The van der Waals surface area contributed by atoms with Gasteiger partial charge in [0, 0.05) is 50.1 Å². The highest BCUT2D eigenvalue weighted by Gasteiger charge is 2.35. The highest BCUT2D eigenvalue weighted by molar-refractivity contribution is 7.98. The van der Waals surface area contributed by atoms with Crippen molar-refractivity contribution < 1.29 is 13.2 Å². The second kappa shape index (κ2) is 10.3. The number of thioether (sulfide) groups is 1. The Morgan fingerprint density at radius 2 is 1.67 bits per heavy atom. The number of rotatable bonds is 5. The summed E-state index contributed by atoms with van der Waals surface area (Å²) in [5, 5.41) is 1.02. The van der Waals surface area contributed by atoms with Crippen molar-refractivity contribution in [1.29, 1.82) is 0 Å². The molecule has 5 rings (SSSR count). The van der Waals surface area contributed by atoms with E-state index in [1.54, 1.807) is 35.2 Å². The number of aryl methyl sites for hydroxylation is 2. The molecule has 2 fully saturated rings. The van der Waals surface area contributed by atoms with E-state index >= 15 is 0 Å². The summed E-state index contributed by atoms with van der Waals surface area (Å²) in [6.45, 7) is 7.87. The number of thiazole rings is 1. The van der Waals surface area contributed by atoms with Crippen LogP contribution in [-0.4, -0.2) is 74.0 Å². The predicted molar refractivity (Wildman–Crippen MR) is 148 cm³/mol. The van der Waals surface area contributed by atoms with Gasteiger partial charge in [-0.3, -0.25) is 4.79 Å². The van der Waals surface area contributed by atoms with E-state index in [9.17, 15) is 13.2 Å². The molecular weight excluding hydrogens is 513 g/mol. The van der Waals surface area contributed by atoms with Gasteiger partial charge in [-0.25, -0.2) is 13.4 Å². The molecule has 3 heterocycles. The van der Waals surface area contributed by atoms with Gasteiger partial charge in [0.05, 0.1) is 15.1 Å². The molecule has 0 radical (unpaired) electrons. The molecule has 1 amide bonds. The van der Waals surface area contributed by atoms with Crippen molar-refractivity contribution in [2.45, 2.75) is 36.5 Å². The number of hydrogen-bond acceptors (Lipinski definition) is 7. The molecule has 192 valence electrons. The van der Waals surface area contributed by atoms with Gasteiger partial charge in [0.2, 0.25) is 15.9 Å². The summed E-state index contributed by atoms with van der Waals surface area (Å²) in [6.07, 6.45) is 3.10. The standard InChI is InChI=1S/C26H32N4O3S3/c1-18-16-19(2)24-23(17-18)27-26(35-24)29-14-12-28(13-15-29)25(31)20-8-10-30(11-9-20)36(32,33)22-6-4-21(34-3)5-7-22/h4-7,16-17,20H,8-15H2,1-3H3. The second-order valence-corrected chi connectivity index (χ2v) is 13.4. The number of benzene rings is 2. The van der Waals surface area contributed by atoms with Crippen LogP contribution in [0.5, 0.6) is 0 Å². The fraction of sp³-hybridized carbons (Fsp3) is 0.462. The lowest BCUT2D eigenvalue weighted by Crippen LogP contribution is -2.52. The molecule has 2 aliphatic rings. The molecule has 0 aliphatic carbocycles. The van der Waals surface area contributed by atoms with Crippen molar-refractivity contribution in [3.05, 3.63) is 47.5 Å². The van der Waals surface area contributed by atoms with Crippen LogP contribution < -0.4 is 4.90 Å². The van der Waals surface area contributed by atoms with Gasteiger partial charge in [0.25, 0.3) is 0 Å². The number of aromatic nitrogens is 1.